The molecule has 478 valence electrons. The van der Waals surface area contributed by atoms with Crippen LogP contribution in [-0.2, 0) is 76.3 Å². The molecule has 0 bridgehead atoms. The van der Waals surface area contributed by atoms with Gasteiger partial charge >= 0.3 is 17.9 Å². The Morgan fingerprint density at radius 3 is 1.49 bits per heavy atom. The number of methoxy groups -OCH3 is 2. The first-order valence-corrected chi connectivity index (χ1v) is 30.2. The minimum atomic E-state index is -1.37. The van der Waals surface area contributed by atoms with E-state index in [9.17, 15) is 53.4 Å². The molecule has 1 aliphatic carbocycles. The molecule has 0 spiro atoms. The number of ether oxygens (including phenoxy) is 7. The summed E-state index contributed by atoms with van der Waals surface area (Å²) in [5, 5.41) is 46.9. The highest BCUT2D eigenvalue weighted by atomic mass is 16.7. The van der Waals surface area contributed by atoms with Crippen LogP contribution >= 0.6 is 0 Å². The van der Waals surface area contributed by atoms with Crippen LogP contribution in [0.5, 0.6) is 0 Å². The molecule has 2 rings (SSSR count). The van der Waals surface area contributed by atoms with Crippen LogP contribution < -0.4 is 37.2 Å². The summed E-state index contributed by atoms with van der Waals surface area (Å²) in [6, 6.07) is -2.60. The highest BCUT2D eigenvalue weighted by Crippen LogP contribution is 2.29. The fourth-order valence-corrected chi connectivity index (χ4v) is 9.31. The molecular weight excluding hydrogens is 1090 g/mol. The van der Waals surface area contributed by atoms with Crippen LogP contribution in [0.15, 0.2) is 0 Å². The van der Waals surface area contributed by atoms with Crippen LogP contribution in [-0.4, -0.2) is 199 Å². The SMILES string of the molecule is COC(CNC1OC1CNC(=O)COCCOCCNC(=O)COCCOCCNC(=O)C(CCC(=O)O)NC(=O)CCC(NC(=O)C1CCC(CNC(=O)CCCCCCCCCCCCCCCCCCC(=O)O)CC1)C(=O)O)OC. The van der Waals surface area contributed by atoms with Crippen molar-refractivity contribution < 1.29 is 91.6 Å². The summed E-state index contributed by atoms with van der Waals surface area (Å²) >= 11 is 0. The predicted molar refractivity (Wildman–Crippen MR) is 304 cm³/mol. The Morgan fingerprint density at radius 2 is 0.964 bits per heavy atom. The molecule has 26 nitrogen and oxygen atoms in total. The molecule has 1 saturated heterocycles. The molecule has 2 aliphatic rings. The van der Waals surface area contributed by atoms with Gasteiger partial charge < -0.3 is 80.4 Å². The summed E-state index contributed by atoms with van der Waals surface area (Å²) in [4.78, 5) is 110. The summed E-state index contributed by atoms with van der Waals surface area (Å²) in [7, 11) is 3.08. The van der Waals surface area contributed by atoms with E-state index in [-0.39, 0.29) is 128 Å². The number of carboxylic acids is 3. The molecule has 0 aromatic carbocycles. The van der Waals surface area contributed by atoms with Gasteiger partial charge in [-0.3, -0.25) is 43.7 Å². The van der Waals surface area contributed by atoms with E-state index in [2.05, 4.69) is 37.2 Å². The minimum Gasteiger partial charge on any atom is -0.481 e. The van der Waals surface area contributed by atoms with E-state index in [1.165, 1.54) is 78.4 Å². The quantitative estimate of drug-likeness (QED) is 0.0238. The number of epoxide rings is 1. The second-order valence-electron chi connectivity index (χ2n) is 21.2. The third kappa shape index (κ3) is 40.8. The first kappa shape index (κ1) is 74.0. The van der Waals surface area contributed by atoms with Crippen LogP contribution in [0.2, 0.25) is 0 Å². The van der Waals surface area contributed by atoms with Crippen molar-refractivity contribution >= 4 is 53.4 Å². The second-order valence-corrected chi connectivity index (χ2v) is 21.2. The molecular formula is C57H101N7O19. The number of unbranched alkanes of at least 4 members (excludes halogenated alkanes) is 15. The van der Waals surface area contributed by atoms with Crippen LogP contribution in [0.1, 0.15) is 167 Å². The van der Waals surface area contributed by atoms with E-state index in [1.807, 2.05) is 0 Å². The van der Waals surface area contributed by atoms with Gasteiger partial charge in [-0.25, -0.2) is 4.79 Å². The zero-order chi connectivity index (χ0) is 60.7. The van der Waals surface area contributed by atoms with Crippen molar-refractivity contribution in [3.8, 4) is 0 Å². The van der Waals surface area contributed by atoms with E-state index in [0.29, 0.717) is 51.7 Å². The van der Waals surface area contributed by atoms with Gasteiger partial charge in [0.05, 0.1) is 39.6 Å². The number of hydrogen-bond acceptors (Lipinski definition) is 17. The topological polar surface area (TPSA) is 366 Å². The number of amides is 6. The first-order chi connectivity index (χ1) is 40.1. The van der Waals surface area contributed by atoms with E-state index in [4.69, 9.17) is 38.3 Å². The van der Waals surface area contributed by atoms with Gasteiger partial charge in [-0.1, -0.05) is 89.9 Å². The Labute approximate surface area is 490 Å². The van der Waals surface area contributed by atoms with Crippen LogP contribution in [0, 0.1) is 11.8 Å². The largest absolute Gasteiger partial charge is 0.481 e. The lowest BCUT2D eigenvalue weighted by molar-refractivity contribution is -0.143. The number of rotatable bonds is 55. The fourth-order valence-electron chi connectivity index (χ4n) is 9.31. The molecule has 1 aliphatic heterocycles. The second kappa shape index (κ2) is 48.2. The highest BCUT2D eigenvalue weighted by Gasteiger charge is 2.39. The maximum Gasteiger partial charge on any atom is 0.326 e. The summed E-state index contributed by atoms with van der Waals surface area (Å²) in [6.07, 6.45) is 19.6. The summed E-state index contributed by atoms with van der Waals surface area (Å²) in [5.41, 5.74) is 0. The molecule has 6 amide bonds. The van der Waals surface area contributed by atoms with Crippen LogP contribution in [0.25, 0.3) is 0 Å². The molecule has 1 heterocycles. The number of nitrogens with one attached hydrogen (secondary N) is 7. The van der Waals surface area contributed by atoms with Crippen molar-refractivity contribution in [1.29, 1.82) is 0 Å². The third-order valence-corrected chi connectivity index (χ3v) is 14.3. The van der Waals surface area contributed by atoms with Gasteiger partial charge in [0.1, 0.15) is 37.6 Å². The fraction of sp³-hybridized carbons (Fsp3) is 0.842. The molecule has 4 unspecified atom stereocenters. The predicted octanol–water partition coefficient (Wildman–Crippen LogP) is 3.06. The van der Waals surface area contributed by atoms with Crippen LogP contribution in [0.3, 0.4) is 0 Å². The van der Waals surface area contributed by atoms with Crippen molar-refractivity contribution in [3.05, 3.63) is 0 Å². The monoisotopic (exact) mass is 1190 g/mol. The maximum absolute atomic E-state index is 13.1. The van der Waals surface area contributed by atoms with E-state index >= 15 is 0 Å². The standard InChI is InChI=1S/C57H101N7O19/c1-77-53(78-2)39-62-56-46(83-56)38-61-50(68)41-82-36-33-79-31-29-58-49(67)40-81-35-34-80-32-30-59-55(74)44(26-28-52(71)72)63-48(66)27-25-45(57(75)76)64-54(73)43-23-21-42(22-24-43)37-60-47(65)19-17-15-13-11-9-7-5-3-4-6-8-10-12-14-16-18-20-51(69)70/h42-46,53,56,62H,3-41H2,1-2H3,(H,58,67)(H,59,74)(H,60,65)(H,61,68)(H,63,66)(H,64,73)(H,69,70)(H,71,72)(H,75,76). The molecule has 4 atom stereocenters. The Balaban J connectivity index is 1.48. The van der Waals surface area contributed by atoms with Crippen LogP contribution in [0.4, 0.5) is 0 Å². The molecule has 83 heavy (non-hydrogen) atoms. The number of carbonyl (C=O) groups is 9. The lowest BCUT2D eigenvalue weighted by atomic mass is 9.81. The average Bonchev–Trinajstić information content (AvgIpc) is 4.47. The average molecular weight is 1190 g/mol. The summed E-state index contributed by atoms with van der Waals surface area (Å²) < 4.78 is 37.1. The zero-order valence-electron chi connectivity index (χ0n) is 49.5. The maximum atomic E-state index is 13.1. The van der Waals surface area contributed by atoms with Gasteiger partial charge in [0, 0.05) is 78.5 Å². The van der Waals surface area contributed by atoms with E-state index < -0.39 is 66.3 Å². The Hall–Kier alpha value is -5.09. The lowest BCUT2D eigenvalue weighted by Crippen LogP contribution is -2.48. The van der Waals surface area contributed by atoms with Crippen molar-refractivity contribution in [3.63, 3.8) is 0 Å². The first-order valence-electron chi connectivity index (χ1n) is 30.2. The number of carboxylic acid groups (broad SMARTS) is 3. The number of hydrogen-bond donors (Lipinski definition) is 10. The molecule has 26 heteroatoms. The van der Waals surface area contributed by atoms with Gasteiger partial charge in [0.2, 0.25) is 35.4 Å². The normalized spacial score (nSPS) is 17.2. The number of aliphatic carboxylic acids is 3. The minimum absolute atomic E-state index is 0.00800. The van der Waals surface area contributed by atoms with Gasteiger partial charge in [-0.05, 0) is 57.3 Å². The molecule has 0 radical (unpaired) electrons. The summed E-state index contributed by atoms with van der Waals surface area (Å²) in [6.45, 7) is 1.98. The third-order valence-electron chi connectivity index (χ3n) is 14.3. The summed E-state index contributed by atoms with van der Waals surface area (Å²) in [5.74, 6) is -5.84. The molecule has 0 aromatic heterocycles. The van der Waals surface area contributed by atoms with Crippen molar-refractivity contribution in [2.45, 2.75) is 198 Å². The zero-order valence-corrected chi connectivity index (χ0v) is 49.5. The van der Waals surface area contributed by atoms with E-state index in [0.717, 1.165) is 38.5 Å². The van der Waals surface area contributed by atoms with Gasteiger partial charge in [0.15, 0.2) is 6.29 Å². The van der Waals surface area contributed by atoms with Crippen molar-refractivity contribution in [2.75, 3.05) is 99.8 Å². The van der Waals surface area contributed by atoms with Crippen molar-refractivity contribution in [1.82, 2.24) is 37.2 Å². The van der Waals surface area contributed by atoms with E-state index in [1.54, 1.807) is 0 Å². The molecule has 2 fully saturated rings. The lowest BCUT2D eigenvalue weighted by Gasteiger charge is -2.28. The molecule has 0 aromatic rings. The molecule has 1 saturated carbocycles. The van der Waals surface area contributed by atoms with Gasteiger partial charge in [-0.2, -0.15) is 0 Å². The van der Waals surface area contributed by atoms with Crippen molar-refractivity contribution in [2.24, 2.45) is 11.8 Å². The molecule has 10 N–H and O–H groups in total. The Kier molecular flexibility index (Phi) is 43.0. The number of carbonyl (C=O) groups excluding carboxylic acids is 6. The smallest absolute Gasteiger partial charge is 0.326 e. The van der Waals surface area contributed by atoms with Gasteiger partial charge in [-0.15, -0.1) is 0 Å². The Morgan fingerprint density at radius 1 is 0.482 bits per heavy atom. The van der Waals surface area contributed by atoms with Gasteiger partial charge in [0.25, 0.3) is 0 Å². The highest BCUT2D eigenvalue weighted by molar-refractivity contribution is 5.89. The Bertz CT molecular complexity index is 1840.